The van der Waals surface area contributed by atoms with Crippen molar-refractivity contribution >= 4 is 18.3 Å². The maximum Gasteiger partial charge on any atom is 0.416 e. The first kappa shape index (κ1) is 21.2. The van der Waals surface area contributed by atoms with E-state index < -0.39 is 23.3 Å². The molecule has 1 fully saturated rings. The molecular formula is C18H22ClF3N4O. The average molecular weight is 403 g/mol. The van der Waals surface area contributed by atoms with Gasteiger partial charge in [0.25, 0.3) is 0 Å². The van der Waals surface area contributed by atoms with E-state index in [4.69, 9.17) is 0 Å². The highest BCUT2D eigenvalue weighted by atomic mass is 35.5. The first-order valence-corrected chi connectivity index (χ1v) is 8.52. The Balaban J connectivity index is 0.00000261. The fraction of sp³-hybridized carbons (Fsp3) is 0.444. The summed E-state index contributed by atoms with van der Waals surface area (Å²) < 4.78 is 41.4. The fourth-order valence-electron chi connectivity index (χ4n) is 3.46. The SMILES string of the molecule is CC(NC(=O)C1(n2cccn2)CCNCC1)c1ccccc1C(F)(F)F.Cl. The van der Waals surface area contributed by atoms with Gasteiger partial charge in [-0.2, -0.15) is 18.3 Å². The summed E-state index contributed by atoms with van der Waals surface area (Å²) in [4.78, 5) is 13.1. The third-order valence-corrected chi connectivity index (χ3v) is 4.88. The summed E-state index contributed by atoms with van der Waals surface area (Å²) >= 11 is 0. The molecule has 0 aliphatic carbocycles. The van der Waals surface area contributed by atoms with Gasteiger partial charge in [0.05, 0.1) is 11.6 Å². The summed E-state index contributed by atoms with van der Waals surface area (Å²) in [5.74, 6) is -0.313. The van der Waals surface area contributed by atoms with Crippen LogP contribution in [0.1, 0.15) is 36.9 Å². The maximum atomic E-state index is 13.3. The van der Waals surface area contributed by atoms with Crippen molar-refractivity contribution in [3.8, 4) is 0 Å². The molecule has 1 atom stereocenters. The lowest BCUT2D eigenvalue weighted by Gasteiger charge is -2.37. The fourth-order valence-corrected chi connectivity index (χ4v) is 3.46. The summed E-state index contributed by atoms with van der Waals surface area (Å²) in [6, 6.07) is 6.28. The van der Waals surface area contributed by atoms with Crippen molar-refractivity contribution in [1.82, 2.24) is 20.4 Å². The first-order chi connectivity index (χ1) is 12.3. The van der Waals surface area contributed by atoms with Crippen LogP contribution in [-0.4, -0.2) is 28.8 Å². The van der Waals surface area contributed by atoms with E-state index in [1.807, 2.05) is 0 Å². The number of hydrogen-bond acceptors (Lipinski definition) is 3. The second kappa shape index (κ2) is 8.31. The van der Waals surface area contributed by atoms with Crippen LogP contribution in [0.4, 0.5) is 13.2 Å². The minimum Gasteiger partial charge on any atom is -0.347 e. The van der Waals surface area contributed by atoms with Crippen molar-refractivity contribution < 1.29 is 18.0 Å². The van der Waals surface area contributed by atoms with E-state index in [0.29, 0.717) is 25.9 Å². The molecule has 2 N–H and O–H groups in total. The number of alkyl halides is 3. The Morgan fingerprint density at radius 2 is 1.93 bits per heavy atom. The Morgan fingerprint density at radius 3 is 2.52 bits per heavy atom. The van der Waals surface area contributed by atoms with Crippen molar-refractivity contribution in [2.45, 2.75) is 37.5 Å². The number of hydrogen-bond donors (Lipinski definition) is 2. The van der Waals surface area contributed by atoms with E-state index in [1.165, 1.54) is 12.1 Å². The Bertz CT molecular complexity index is 758. The number of halogens is 4. The summed E-state index contributed by atoms with van der Waals surface area (Å²) in [7, 11) is 0. The molecule has 1 saturated heterocycles. The lowest BCUT2D eigenvalue weighted by Crippen LogP contribution is -2.55. The largest absolute Gasteiger partial charge is 0.416 e. The standard InChI is InChI=1S/C18H21F3N4O.ClH/c1-13(14-5-2-3-6-15(14)18(19,20)21)24-16(26)17(7-10-22-11-8-17)25-12-4-9-23-25;/h2-6,9,12-13,22H,7-8,10-11H2,1H3,(H,24,26);1H. The molecule has 9 heteroatoms. The van der Waals surface area contributed by atoms with E-state index in [9.17, 15) is 18.0 Å². The minimum atomic E-state index is -4.47. The quantitative estimate of drug-likeness (QED) is 0.825. The molecule has 0 bridgehead atoms. The van der Waals surface area contributed by atoms with Crippen LogP contribution in [0.25, 0.3) is 0 Å². The Labute approximate surface area is 161 Å². The molecule has 1 aromatic carbocycles. The molecule has 27 heavy (non-hydrogen) atoms. The first-order valence-electron chi connectivity index (χ1n) is 8.52. The second-order valence-corrected chi connectivity index (χ2v) is 6.51. The molecule has 1 aliphatic rings. The second-order valence-electron chi connectivity index (χ2n) is 6.51. The van der Waals surface area contributed by atoms with E-state index in [1.54, 1.807) is 36.1 Å². The summed E-state index contributed by atoms with van der Waals surface area (Å²) in [6.07, 6.45) is -0.106. The van der Waals surface area contributed by atoms with Crippen LogP contribution in [0.5, 0.6) is 0 Å². The van der Waals surface area contributed by atoms with Gasteiger partial charge in [0.15, 0.2) is 0 Å². The van der Waals surface area contributed by atoms with Crippen LogP contribution in [0, 0.1) is 0 Å². The monoisotopic (exact) mass is 402 g/mol. The molecular weight excluding hydrogens is 381 g/mol. The molecule has 0 saturated carbocycles. The highest BCUT2D eigenvalue weighted by Gasteiger charge is 2.43. The summed E-state index contributed by atoms with van der Waals surface area (Å²) in [6.45, 7) is 2.85. The van der Waals surface area contributed by atoms with Crippen molar-refractivity contribution in [1.29, 1.82) is 0 Å². The minimum absolute atomic E-state index is 0. The molecule has 3 rings (SSSR count). The molecule has 2 aromatic rings. The van der Waals surface area contributed by atoms with Crippen molar-refractivity contribution in [2.24, 2.45) is 0 Å². The van der Waals surface area contributed by atoms with Gasteiger partial charge in [-0.25, -0.2) is 0 Å². The van der Waals surface area contributed by atoms with Gasteiger partial charge in [-0.15, -0.1) is 12.4 Å². The molecule has 1 unspecified atom stereocenters. The molecule has 1 amide bonds. The topological polar surface area (TPSA) is 59.0 Å². The van der Waals surface area contributed by atoms with Gasteiger partial charge < -0.3 is 10.6 Å². The number of rotatable bonds is 4. The van der Waals surface area contributed by atoms with Gasteiger partial charge in [0.1, 0.15) is 5.54 Å². The predicted molar refractivity (Wildman–Crippen MR) is 97.6 cm³/mol. The van der Waals surface area contributed by atoms with E-state index in [0.717, 1.165) is 6.07 Å². The highest BCUT2D eigenvalue weighted by Crippen LogP contribution is 2.35. The number of carbonyl (C=O) groups is 1. The smallest absolute Gasteiger partial charge is 0.347 e. The van der Waals surface area contributed by atoms with Gasteiger partial charge in [-0.3, -0.25) is 9.48 Å². The zero-order valence-electron chi connectivity index (χ0n) is 14.8. The molecule has 0 radical (unpaired) electrons. The number of piperidine rings is 1. The van der Waals surface area contributed by atoms with Crippen LogP contribution >= 0.6 is 12.4 Å². The number of carbonyl (C=O) groups excluding carboxylic acids is 1. The Morgan fingerprint density at radius 1 is 1.26 bits per heavy atom. The van der Waals surface area contributed by atoms with Gasteiger partial charge in [-0.1, -0.05) is 18.2 Å². The number of benzene rings is 1. The predicted octanol–water partition coefficient (Wildman–Crippen LogP) is 3.28. The molecule has 5 nitrogen and oxygen atoms in total. The maximum absolute atomic E-state index is 13.3. The third kappa shape index (κ3) is 4.27. The van der Waals surface area contributed by atoms with Crippen LogP contribution in [0.3, 0.4) is 0 Å². The molecule has 0 spiro atoms. The van der Waals surface area contributed by atoms with Gasteiger partial charge in [0, 0.05) is 12.4 Å². The van der Waals surface area contributed by atoms with E-state index >= 15 is 0 Å². The third-order valence-electron chi connectivity index (χ3n) is 4.88. The summed E-state index contributed by atoms with van der Waals surface area (Å²) in [5.41, 5.74) is -1.57. The van der Waals surface area contributed by atoms with Crippen molar-refractivity contribution in [2.75, 3.05) is 13.1 Å². The number of nitrogens with zero attached hydrogens (tertiary/aromatic N) is 2. The zero-order chi connectivity index (χ0) is 18.8. The normalized spacial score (nSPS) is 17.6. The van der Waals surface area contributed by atoms with Gasteiger partial charge >= 0.3 is 6.18 Å². The lowest BCUT2D eigenvalue weighted by molar-refractivity contribution is -0.139. The van der Waals surface area contributed by atoms with E-state index in [2.05, 4.69) is 15.7 Å². The molecule has 1 aromatic heterocycles. The van der Waals surface area contributed by atoms with Crippen molar-refractivity contribution in [3.63, 3.8) is 0 Å². The van der Waals surface area contributed by atoms with Crippen LogP contribution in [-0.2, 0) is 16.5 Å². The number of nitrogens with one attached hydrogen (secondary N) is 2. The molecule has 148 valence electrons. The lowest BCUT2D eigenvalue weighted by atomic mass is 9.86. The Hall–Kier alpha value is -2.06. The molecule has 2 heterocycles. The van der Waals surface area contributed by atoms with Gasteiger partial charge in [0.2, 0.25) is 5.91 Å². The Kier molecular flexibility index (Phi) is 6.54. The summed E-state index contributed by atoms with van der Waals surface area (Å²) in [5, 5.41) is 10.2. The zero-order valence-corrected chi connectivity index (χ0v) is 15.6. The van der Waals surface area contributed by atoms with Gasteiger partial charge in [-0.05, 0) is 50.6 Å². The van der Waals surface area contributed by atoms with E-state index in [-0.39, 0.29) is 23.9 Å². The van der Waals surface area contributed by atoms with Crippen molar-refractivity contribution in [3.05, 3.63) is 53.9 Å². The molecule has 1 aliphatic heterocycles. The van der Waals surface area contributed by atoms with Crippen LogP contribution in [0.2, 0.25) is 0 Å². The van der Waals surface area contributed by atoms with Crippen LogP contribution < -0.4 is 10.6 Å². The van der Waals surface area contributed by atoms with Crippen LogP contribution in [0.15, 0.2) is 42.7 Å². The highest BCUT2D eigenvalue weighted by molar-refractivity contribution is 5.85. The average Bonchev–Trinajstić information content (AvgIpc) is 3.16. The number of amides is 1. The number of aromatic nitrogens is 2.